The van der Waals surface area contributed by atoms with E-state index in [1.807, 2.05) is 35.1 Å². The molecule has 0 saturated heterocycles. The van der Waals surface area contributed by atoms with Crippen LogP contribution in [0.15, 0.2) is 97.3 Å². The molecule has 35 heavy (non-hydrogen) atoms. The van der Waals surface area contributed by atoms with Crippen LogP contribution in [0.5, 0.6) is 5.75 Å². The van der Waals surface area contributed by atoms with Crippen LogP contribution in [0.3, 0.4) is 0 Å². The molecule has 3 N–H and O–H groups in total. The van der Waals surface area contributed by atoms with Gasteiger partial charge in [-0.2, -0.15) is 5.10 Å². The average molecular weight is 467 g/mol. The van der Waals surface area contributed by atoms with Crippen molar-refractivity contribution in [3.8, 4) is 16.9 Å². The Morgan fingerprint density at radius 3 is 2.46 bits per heavy atom. The van der Waals surface area contributed by atoms with Crippen LogP contribution < -0.4 is 15.8 Å². The Balaban J connectivity index is 1.34. The van der Waals surface area contributed by atoms with Crippen molar-refractivity contribution in [2.45, 2.75) is 13.1 Å². The Bertz CT molecular complexity index is 1300. The Morgan fingerprint density at radius 1 is 0.971 bits per heavy atom. The van der Waals surface area contributed by atoms with Gasteiger partial charge in [-0.05, 0) is 52.1 Å². The first-order chi connectivity index (χ1) is 17.1. The number of carbonyl (C=O) groups excluding carboxylic acids is 2. The highest BCUT2D eigenvalue weighted by Gasteiger charge is 2.06. The minimum absolute atomic E-state index is 0.172. The van der Waals surface area contributed by atoms with Gasteiger partial charge in [0, 0.05) is 25.0 Å². The quantitative estimate of drug-likeness (QED) is 0.347. The molecule has 0 spiro atoms. The van der Waals surface area contributed by atoms with Crippen molar-refractivity contribution in [2.24, 2.45) is 5.73 Å². The van der Waals surface area contributed by atoms with Crippen molar-refractivity contribution in [1.82, 2.24) is 15.1 Å². The number of nitrogens with one attached hydrogen (secondary N) is 1. The number of ether oxygens (including phenoxy) is 1. The van der Waals surface area contributed by atoms with Crippen molar-refractivity contribution in [3.05, 3.63) is 114 Å². The van der Waals surface area contributed by atoms with E-state index < -0.39 is 5.91 Å². The van der Waals surface area contributed by atoms with Gasteiger partial charge in [0.1, 0.15) is 5.75 Å². The maximum atomic E-state index is 12.4. The Labute approximate surface area is 203 Å². The average Bonchev–Trinajstić information content (AvgIpc) is 3.39. The fourth-order valence-corrected chi connectivity index (χ4v) is 3.57. The molecule has 0 atom stereocenters. The molecule has 7 nitrogen and oxygen atoms in total. The molecule has 1 heterocycles. The van der Waals surface area contributed by atoms with E-state index in [0.29, 0.717) is 12.3 Å². The van der Waals surface area contributed by atoms with Crippen LogP contribution in [0, 0.1) is 0 Å². The van der Waals surface area contributed by atoms with Gasteiger partial charge in [-0.25, -0.2) is 0 Å². The van der Waals surface area contributed by atoms with Crippen molar-refractivity contribution < 1.29 is 14.3 Å². The number of benzene rings is 3. The second-order valence-electron chi connectivity index (χ2n) is 7.93. The fourth-order valence-electron chi connectivity index (χ4n) is 3.57. The first kappa shape index (κ1) is 23.5. The van der Waals surface area contributed by atoms with Gasteiger partial charge in [0.15, 0.2) is 6.61 Å². The fraction of sp³-hybridized carbons (Fsp3) is 0.107. The standard InChI is InChI=1S/C28H26N4O3/c29-27(33)20-35-25-13-8-21(9-14-25)10-15-28(34)30-18-24-4-1-2-5-26(24)23-11-6-22(7-12-23)19-32-17-3-16-31-32/h1-17H,18-20H2,(H2,29,33)(H,30,34)/b15-10+. The predicted molar refractivity (Wildman–Crippen MR) is 135 cm³/mol. The lowest BCUT2D eigenvalue weighted by Crippen LogP contribution is -2.20. The summed E-state index contributed by atoms with van der Waals surface area (Å²) in [4.78, 5) is 23.2. The molecule has 1 aromatic heterocycles. The van der Waals surface area contributed by atoms with Gasteiger partial charge >= 0.3 is 0 Å². The zero-order chi connectivity index (χ0) is 24.5. The summed E-state index contributed by atoms with van der Waals surface area (Å²) >= 11 is 0. The molecule has 7 heteroatoms. The Kier molecular flexibility index (Phi) is 7.70. The third-order valence-corrected chi connectivity index (χ3v) is 5.33. The van der Waals surface area contributed by atoms with Crippen LogP contribution in [0.1, 0.15) is 16.7 Å². The first-order valence-electron chi connectivity index (χ1n) is 11.2. The molecule has 2 amide bonds. The normalized spacial score (nSPS) is 10.9. The van der Waals surface area contributed by atoms with Crippen molar-refractivity contribution in [2.75, 3.05) is 6.61 Å². The molecule has 0 bridgehead atoms. The summed E-state index contributed by atoms with van der Waals surface area (Å²) < 4.78 is 7.12. The number of hydrogen-bond donors (Lipinski definition) is 2. The first-order valence-corrected chi connectivity index (χ1v) is 11.2. The number of hydrogen-bond acceptors (Lipinski definition) is 4. The molecule has 0 aliphatic carbocycles. The molecule has 0 aliphatic heterocycles. The molecule has 0 aliphatic rings. The third-order valence-electron chi connectivity index (χ3n) is 5.33. The summed E-state index contributed by atoms with van der Waals surface area (Å²) in [6, 6.07) is 25.4. The third kappa shape index (κ3) is 6.91. The number of rotatable bonds is 10. The largest absolute Gasteiger partial charge is 0.484 e. The Hall–Kier alpha value is -4.65. The van der Waals surface area contributed by atoms with Gasteiger partial charge in [0.2, 0.25) is 5.91 Å². The molecule has 0 radical (unpaired) electrons. The van der Waals surface area contributed by atoms with Crippen molar-refractivity contribution in [1.29, 1.82) is 0 Å². The van der Waals surface area contributed by atoms with Gasteiger partial charge in [-0.3, -0.25) is 14.3 Å². The van der Waals surface area contributed by atoms with Crippen LogP contribution >= 0.6 is 0 Å². The molecule has 3 aromatic carbocycles. The molecule has 4 rings (SSSR count). The molecule has 0 unspecified atom stereocenters. The number of amides is 2. The van der Waals surface area contributed by atoms with E-state index in [-0.39, 0.29) is 12.5 Å². The van der Waals surface area contributed by atoms with E-state index in [0.717, 1.165) is 28.8 Å². The van der Waals surface area contributed by atoms with E-state index >= 15 is 0 Å². The highest BCUT2D eigenvalue weighted by atomic mass is 16.5. The van der Waals surface area contributed by atoms with E-state index in [1.165, 1.54) is 11.6 Å². The monoisotopic (exact) mass is 466 g/mol. The summed E-state index contributed by atoms with van der Waals surface area (Å²) in [5.41, 5.74) is 10.3. The summed E-state index contributed by atoms with van der Waals surface area (Å²) in [6.45, 7) is 0.962. The maximum absolute atomic E-state index is 12.4. The summed E-state index contributed by atoms with van der Waals surface area (Å²) in [5, 5.41) is 7.20. The maximum Gasteiger partial charge on any atom is 0.255 e. The topological polar surface area (TPSA) is 99.2 Å². The van der Waals surface area contributed by atoms with Crippen molar-refractivity contribution >= 4 is 17.9 Å². The van der Waals surface area contributed by atoms with Gasteiger partial charge < -0.3 is 15.8 Å². The zero-order valence-corrected chi connectivity index (χ0v) is 19.1. The predicted octanol–water partition coefficient (Wildman–Crippen LogP) is 3.79. The highest BCUT2D eigenvalue weighted by Crippen LogP contribution is 2.24. The lowest BCUT2D eigenvalue weighted by atomic mass is 9.98. The van der Waals surface area contributed by atoms with Crippen LogP contribution in [-0.2, 0) is 22.7 Å². The summed E-state index contributed by atoms with van der Waals surface area (Å²) in [5.74, 6) is -0.186. The van der Waals surface area contributed by atoms with E-state index in [9.17, 15) is 9.59 Å². The van der Waals surface area contributed by atoms with Crippen molar-refractivity contribution in [3.63, 3.8) is 0 Å². The van der Waals surface area contributed by atoms with Crippen LogP contribution in [0.2, 0.25) is 0 Å². The number of primary amides is 1. The molecule has 4 aromatic rings. The van der Waals surface area contributed by atoms with E-state index in [4.69, 9.17) is 10.5 Å². The number of nitrogens with two attached hydrogens (primary N) is 1. The molecular weight excluding hydrogens is 440 g/mol. The summed E-state index contributed by atoms with van der Waals surface area (Å²) in [7, 11) is 0. The molecule has 176 valence electrons. The van der Waals surface area contributed by atoms with E-state index in [2.05, 4.69) is 40.7 Å². The summed E-state index contributed by atoms with van der Waals surface area (Å²) in [6.07, 6.45) is 6.92. The highest BCUT2D eigenvalue weighted by molar-refractivity contribution is 5.91. The SMILES string of the molecule is NC(=O)COc1ccc(/C=C/C(=O)NCc2ccccc2-c2ccc(Cn3cccn3)cc2)cc1. The van der Waals surface area contributed by atoms with E-state index in [1.54, 1.807) is 36.5 Å². The smallest absolute Gasteiger partial charge is 0.255 e. The van der Waals surface area contributed by atoms with Crippen LogP contribution in [-0.4, -0.2) is 28.2 Å². The van der Waals surface area contributed by atoms with Gasteiger partial charge in [-0.15, -0.1) is 0 Å². The Morgan fingerprint density at radius 2 is 1.74 bits per heavy atom. The minimum Gasteiger partial charge on any atom is -0.484 e. The zero-order valence-electron chi connectivity index (χ0n) is 19.1. The van der Waals surface area contributed by atoms with Gasteiger partial charge in [0.25, 0.3) is 5.91 Å². The van der Waals surface area contributed by atoms with Gasteiger partial charge in [0.05, 0.1) is 6.54 Å². The number of nitrogens with zero attached hydrogens (tertiary/aromatic N) is 2. The lowest BCUT2D eigenvalue weighted by molar-refractivity contribution is -0.120. The van der Waals surface area contributed by atoms with Crippen LogP contribution in [0.4, 0.5) is 0 Å². The molecule has 0 saturated carbocycles. The lowest BCUT2D eigenvalue weighted by Gasteiger charge is -2.11. The second-order valence-corrected chi connectivity index (χ2v) is 7.93. The molecule has 0 fully saturated rings. The van der Waals surface area contributed by atoms with Crippen LogP contribution in [0.25, 0.3) is 17.2 Å². The minimum atomic E-state index is -0.533. The van der Waals surface area contributed by atoms with Gasteiger partial charge in [-0.1, -0.05) is 60.7 Å². The number of carbonyl (C=O) groups is 2. The molecular formula is C28H26N4O3. The number of aromatic nitrogens is 2. The second kappa shape index (κ2) is 11.5.